The van der Waals surface area contributed by atoms with Crippen molar-refractivity contribution in [1.82, 2.24) is 10.2 Å². The summed E-state index contributed by atoms with van der Waals surface area (Å²) in [6, 6.07) is 13.8. The largest absolute Gasteiger partial charge is 0.352 e. The van der Waals surface area contributed by atoms with Gasteiger partial charge in [0.1, 0.15) is 6.04 Å². The van der Waals surface area contributed by atoms with E-state index in [1.807, 2.05) is 38.1 Å². The highest BCUT2D eigenvalue weighted by Crippen LogP contribution is 2.16. The van der Waals surface area contributed by atoms with E-state index in [0.29, 0.717) is 16.6 Å². The van der Waals surface area contributed by atoms with Crippen LogP contribution >= 0.6 is 23.2 Å². The van der Waals surface area contributed by atoms with E-state index in [1.165, 1.54) is 0 Å². The fourth-order valence-corrected chi connectivity index (χ4v) is 2.90. The molecule has 0 saturated carbocycles. The summed E-state index contributed by atoms with van der Waals surface area (Å²) in [4.78, 5) is 27.1. The lowest BCUT2D eigenvalue weighted by Crippen LogP contribution is -2.49. The number of nitrogens with one attached hydrogen (secondary N) is 1. The molecule has 0 fully saturated rings. The number of rotatable bonds is 7. The van der Waals surface area contributed by atoms with Crippen LogP contribution in [0.25, 0.3) is 0 Å². The molecule has 2 amide bonds. The van der Waals surface area contributed by atoms with E-state index in [1.54, 1.807) is 36.1 Å². The van der Waals surface area contributed by atoms with Gasteiger partial charge in [-0.2, -0.15) is 0 Å². The Kier molecular flexibility index (Phi) is 7.69. The van der Waals surface area contributed by atoms with Crippen molar-refractivity contribution in [2.75, 3.05) is 0 Å². The van der Waals surface area contributed by atoms with Gasteiger partial charge in [-0.25, -0.2) is 0 Å². The van der Waals surface area contributed by atoms with Crippen molar-refractivity contribution in [3.05, 3.63) is 69.7 Å². The van der Waals surface area contributed by atoms with Gasteiger partial charge >= 0.3 is 0 Å². The monoisotopic (exact) mass is 406 g/mol. The molecule has 0 saturated heterocycles. The molecule has 0 spiro atoms. The van der Waals surface area contributed by atoms with Gasteiger partial charge in [0.25, 0.3) is 0 Å². The highest BCUT2D eigenvalue weighted by molar-refractivity contribution is 6.30. The van der Waals surface area contributed by atoms with Crippen LogP contribution in [0.2, 0.25) is 10.0 Å². The number of hydrogen-bond acceptors (Lipinski definition) is 2. The van der Waals surface area contributed by atoms with Crippen molar-refractivity contribution in [2.24, 2.45) is 0 Å². The molecule has 2 rings (SSSR count). The Balaban J connectivity index is 2.21. The predicted molar refractivity (Wildman–Crippen MR) is 110 cm³/mol. The molecule has 4 nitrogen and oxygen atoms in total. The van der Waals surface area contributed by atoms with E-state index in [2.05, 4.69) is 5.32 Å². The summed E-state index contributed by atoms with van der Waals surface area (Å²) in [5, 5.41) is 4.12. The zero-order chi connectivity index (χ0) is 20.0. The van der Waals surface area contributed by atoms with Crippen LogP contribution in [0.1, 0.15) is 31.9 Å². The minimum Gasteiger partial charge on any atom is -0.352 e. The molecule has 6 heteroatoms. The van der Waals surface area contributed by atoms with Gasteiger partial charge in [0, 0.05) is 22.6 Å². The minimum absolute atomic E-state index is 0.00343. The highest BCUT2D eigenvalue weighted by atomic mass is 35.5. The number of halogens is 2. The highest BCUT2D eigenvalue weighted by Gasteiger charge is 2.26. The second-order valence-corrected chi connectivity index (χ2v) is 7.66. The van der Waals surface area contributed by atoms with Crippen molar-refractivity contribution < 1.29 is 9.59 Å². The van der Waals surface area contributed by atoms with Crippen LogP contribution < -0.4 is 5.32 Å². The third-order valence-electron chi connectivity index (χ3n) is 4.13. The van der Waals surface area contributed by atoms with Gasteiger partial charge in [-0.15, -0.1) is 0 Å². The summed E-state index contributed by atoms with van der Waals surface area (Å²) in [6.45, 7) is 5.86. The van der Waals surface area contributed by atoms with Crippen LogP contribution in [0, 0.1) is 0 Å². The maximum atomic E-state index is 13.0. The second kappa shape index (κ2) is 9.77. The molecule has 0 aliphatic rings. The van der Waals surface area contributed by atoms with Crippen LogP contribution in [-0.2, 0) is 22.6 Å². The molecule has 27 heavy (non-hydrogen) atoms. The Morgan fingerprint density at radius 1 is 0.889 bits per heavy atom. The molecule has 2 aromatic carbocycles. The number of hydrogen-bond donors (Lipinski definition) is 1. The maximum absolute atomic E-state index is 13.0. The number of benzene rings is 2. The molecular weight excluding hydrogens is 383 g/mol. The van der Waals surface area contributed by atoms with Gasteiger partial charge in [0.2, 0.25) is 11.8 Å². The topological polar surface area (TPSA) is 49.4 Å². The molecule has 0 radical (unpaired) electrons. The fraction of sp³-hybridized carbons (Fsp3) is 0.333. The SMILES string of the molecule is CC(C)NC(=O)[C@H](C)N(Cc1ccc(Cl)cc1)C(=O)Cc1ccc(Cl)cc1. The summed E-state index contributed by atoms with van der Waals surface area (Å²) in [5.74, 6) is -0.304. The number of amides is 2. The van der Waals surface area contributed by atoms with E-state index in [4.69, 9.17) is 23.2 Å². The van der Waals surface area contributed by atoms with Crippen molar-refractivity contribution in [1.29, 1.82) is 0 Å². The molecule has 0 bridgehead atoms. The third kappa shape index (κ3) is 6.56. The minimum atomic E-state index is -0.595. The standard InChI is InChI=1S/C21H24Cl2N2O2/c1-14(2)24-21(27)15(3)25(13-17-6-10-19(23)11-7-17)20(26)12-16-4-8-18(22)9-5-16/h4-11,14-15H,12-13H2,1-3H3,(H,24,27)/t15-/m0/s1. The van der Waals surface area contributed by atoms with Gasteiger partial charge in [-0.05, 0) is 56.2 Å². The van der Waals surface area contributed by atoms with Gasteiger partial charge in [-0.1, -0.05) is 47.5 Å². The van der Waals surface area contributed by atoms with Crippen molar-refractivity contribution >= 4 is 35.0 Å². The lowest BCUT2D eigenvalue weighted by Gasteiger charge is -2.29. The smallest absolute Gasteiger partial charge is 0.242 e. The zero-order valence-electron chi connectivity index (χ0n) is 15.7. The molecular formula is C21H24Cl2N2O2. The van der Waals surface area contributed by atoms with E-state index >= 15 is 0 Å². The van der Waals surface area contributed by atoms with Gasteiger partial charge in [0.05, 0.1) is 6.42 Å². The van der Waals surface area contributed by atoms with Crippen LogP contribution in [0.3, 0.4) is 0 Å². The van der Waals surface area contributed by atoms with E-state index in [0.717, 1.165) is 11.1 Å². The van der Waals surface area contributed by atoms with Crippen molar-refractivity contribution in [3.8, 4) is 0 Å². The third-order valence-corrected chi connectivity index (χ3v) is 4.64. The number of carbonyl (C=O) groups excluding carboxylic acids is 2. The van der Waals surface area contributed by atoms with Crippen LogP contribution in [0.5, 0.6) is 0 Å². The zero-order valence-corrected chi connectivity index (χ0v) is 17.2. The summed E-state index contributed by atoms with van der Waals surface area (Å²) in [5.41, 5.74) is 1.76. The first kappa shape index (κ1) is 21.3. The van der Waals surface area contributed by atoms with Gasteiger partial charge in [-0.3, -0.25) is 9.59 Å². The summed E-state index contributed by atoms with van der Waals surface area (Å²) >= 11 is 11.9. The Bertz CT molecular complexity index is 774. The van der Waals surface area contributed by atoms with Crippen molar-refractivity contribution in [3.63, 3.8) is 0 Å². The number of nitrogens with zero attached hydrogens (tertiary/aromatic N) is 1. The Hall–Kier alpha value is -2.04. The second-order valence-electron chi connectivity index (χ2n) is 6.79. The molecule has 1 atom stereocenters. The molecule has 0 heterocycles. The van der Waals surface area contributed by atoms with Gasteiger partial charge < -0.3 is 10.2 Å². The average molecular weight is 407 g/mol. The Labute approximate surface area is 170 Å². The first-order valence-electron chi connectivity index (χ1n) is 8.85. The van der Waals surface area contributed by atoms with E-state index in [9.17, 15) is 9.59 Å². The van der Waals surface area contributed by atoms with E-state index in [-0.39, 0.29) is 24.3 Å². The molecule has 1 N–H and O–H groups in total. The fourth-order valence-electron chi connectivity index (χ4n) is 2.65. The molecule has 2 aromatic rings. The molecule has 144 valence electrons. The average Bonchev–Trinajstić information content (AvgIpc) is 2.62. The van der Waals surface area contributed by atoms with Crippen LogP contribution in [-0.4, -0.2) is 28.8 Å². The van der Waals surface area contributed by atoms with Crippen LogP contribution in [0.15, 0.2) is 48.5 Å². The van der Waals surface area contributed by atoms with E-state index < -0.39 is 6.04 Å². The first-order valence-corrected chi connectivity index (χ1v) is 9.60. The summed E-state index contributed by atoms with van der Waals surface area (Å²) in [6.07, 6.45) is 0.198. The lowest BCUT2D eigenvalue weighted by molar-refractivity contribution is -0.140. The normalized spacial score (nSPS) is 11.9. The van der Waals surface area contributed by atoms with Crippen LogP contribution in [0.4, 0.5) is 0 Å². The van der Waals surface area contributed by atoms with Crippen molar-refractivity contribution in [2.45, 2.75) is 45.8 Å². The number of carbonyl (C=O) groups is 2. The molecule has 0 unspecified atom stereocenters. The molecule has 0 aliphatic heterocycles. The quantitative estimate of drug-likeness (QED) is 0.736. The molecule has 0 aliphatic carbocycles. The summed E-state index contributed by atoms with van der Waals surface area (Å²) in [7, 11) is 0. The van der Waals surface area contributed by atoms with Gasteiger partial charge in [0.15, 0.2) is 0 Å². The lowest BCUT2D eigenvalue weighted by atomic mass is 10.1. The maximum Gasteiger partial charge on any atom is 0.242 e. The predicted octanol–water partition coefficient (Wildman–Crippen LogP) is 4.48. The molecule has 0 aromatic heterocycles. The first-order chi connectivity index (χ1) is 12.8. The Morgan fingerprint density at radius 2 is 1.37 bits per heavy atom. The summed E-state index contributed by atoms with van der Waals surface area (Å²) < 4.78 is 0. The Morgan fingerprint density at radius 3 is 1.85 bits per heavy atom.